The normalized spacial score (nSPS) is 16.4. The van der Waals surface area contributed by atoms with Gasteiger partial charge in [0.1, 0.15) is 11.3 Å². The second-order valence-corrected chi connectivity index (χ2v) is 8.08. The number of halogens is 5. The Morgan fingerprint density at radius 2 is 1.63 bits per heavy atom. The lowest BCUT2D eigenvalue weighted by molar-refractivity contribution is -0.289. The molecule has 1 aliphatic rings. The number of fused-ring (bicyclic) bond motifs is 1. The number of anilines is 1. The van der Waals surface area contributed by atoms with E-state index in [9.17, 15) is 27.1 Å². The van der Waals surface area contributed by atoms with Crippen molar-refractivity contribution in [2.75, 3.05) is 31.1 Å². The lowest BCUT2D eigenvalue weighted by Gasteiger charge is -2.36. The molecule has 0 aliphatic carbocycles. The summed E-state index contributed by atoms with van der Waals surface area (Å²) in [6.45, 7) is 3.18. The highest BCUT2D eigenvalue weighted by molar-refractivity contribution is 7.16. The van der Waals surface area contributed by atoms with E-state index in [1.807, 2.05) is 0 Å². The fourth-order valence-corrected chi connectivity index (χ4v) is 4.29. The van der Waals surface area contributed by atoms with Gasteiger partial charge in [-0.1, -0.05) is 24.3 Å². The lowest BCUT2D eigenvalue weighted by atomic mass is 10.1. The number of hydrogen-bond donors (Lipinski definition) is 1. The van der Waals surface area contributed by atoms with Crippen LogP contribution >= 0.6 is 11.3 Å². The van der Waals surface area contributed by atoms with Gasteiger partial charge in [-0.2, -0.15) is 22.0 Å². The molecule has 0 saturated carbocycles. The number of phenolic OH excluding ortho intramolecular Hbond substituents is 1. The number of aromatic hydroxyl groups is 1. The van der Waals surface area contributed by atoms with E-state index in [0.717, 1.165) is 28.0 Å². The van der Waals surface area contributed by atoms with Gasteiger partial charge < -0.3 is 10.0 Å². The van der Waals surface area contributed by atoms with Crippen LogP contribution in [-0.4, -0.2) is 47.3 Å². The van der Waals surface area contributed by atoms with E-state index in [1.54, 1.807) is 17.6 Å². The largest absolute Gasteiger partial charge is 0.508 e. The van der Waals surface area contributed by atoms with Gasteiger partial charge in [0.15, 0.2) is 0 Å². The molecule has 160 valence electrons. The molecule has 1 saturated heterocycles. The predicted molar refractivity (Wildman–Crippen MR) is 105 cm³/mol. The molecule has 2 aromatic carbocycles. The summed E-state index contributed by atoms with van der Waals surface area (Å²) in [5.41, 5.74) is 3.05. The minimum Gasteiger partial charge on any atom is -0.508 e. The summed E-state index contributed by atoms with van der Waals surface area (Å²) in [5.74, 6) is -4.68. The molecule has 0 spiro atoms. The number of phenols is 1. The number of nitrogens with zero attached hydrogens (tertiary/aromatic N) is 3. The number of benzene rings is 2. The minimum absolute atomic E-state index is 0.180. The van der Waals surface area contributed by atoms with Gasteiger partial charge in [0.25, 0.3) is 0 Å². The Morgan fingerprint density at radius 3 is 2.27 bits per heavy atom. The summed E-state index contributed by atoms with van der Waals surface area (Å²) in [4.78, 5) is 8.61. The maximum atomic E-state index is 13.4. The average molecular weight is 443 g/mol. The maximum absolute atomic E-state index is 13.4. The molecule has 10 heteroatoms. The number of hydrogen-bond acceptors (Lipinski definition) is 5. The Kier molecular flexibility index (Phi) is 5.31. The van der Waals surface area contributed by atoms with E-state index in [4.69, 9.17) is 0 Å². The average Bonchev–Trinajstić information content (AvgIpc) is 3.16. The van der Waals surface area contributed by atoms with Gasteiger partial charge in [-0.15, -0.1) is 11.3 Å². The van der Waals surface area contributed by atoms with Crippen LogP contribution in [0.25, 0.3) is 10.2 Å². The fourth-order valence-electron chi connectivity index (χ4n) is 3.56. The second-order valence-electron chi connectivity index (χ2n) is 7.20. The molecule has 4 rings (SSSR count). The number of alkyl halides is 5. The van der Waals surface area contributed by atoms with Gasteiger partial charge in [0.05, 0.1) is 15.9 Å². The quantitative estimate of drug-likeness (QED) is 0.578. The van der Waals surface area contributed by atoms with Crippen LogP contribution in [0.15, 0.2) is 41.9 Å². The highest BCUT2D eigenvalue weighted by atomic mass is 32.1. The number of piperazine rings is 1. The maximum Gasteiger partial charge on any atom is 0.458 e. The Hall–Kier alpha value is -2.46. The molecule has 1 aromatic heterocycles. The van der Waals surface area contributed by atoms with E-state index in [1.165, 1.54) is 23.5 Å². The Labute approximate surface area is 173 Å². The van der Waals surface area contributed by atoms with Crippen molar-refractivity contribution in [1.29, 1.82) is 0 Å². The van der Waals surface area contributed by atoms with E-state index in [2.05, 4.69) is 14.8 Å². The van der Waals surface area contributed by atoms with Crippen molar-refractivity contribution < 1.29 is 27.1 Å². The Balaban J connectivity index is 1.40. The zero-order valence-corrected chi connectivity index (χ0v) is 16.5. The van der Waals surface area contributed by atoms with Crippen LogP contribution in [0, 0.1) is 0 Å². The first kappa shape index (κ1) is 20.8. The first-order valence-electron chi connectivity index (χ1n) is 9.22. The molecule has 2 heterocycles. The van der Waals surface area contributed by atoms with Crippen molar-refractivity contribution in [3.63, 3.8) is 0 Å². The summed E-state index contributed by atoms with van der Waals surface area (Å²) in [7, 11) is 0. The molecule has 0 amide bonds. The van der Waals surface area contributed by atoms with Gasteiger partial charge in [-0.3, -0.25) is 4.90 Å². The summed E-state index contributed by atoms with van der Waals surface area (Å²) in [6.07, 6.45) is -5.61. The number of rotatable bonds is 4. The topological polar surface area (TPSA) is 39.6 Å². The molecule has 0 unspecified atom stereocenters. The lowest BCUT2D eigenvalue weighted by Crippen LogP contribution is -2.46. The molecule has 1 fully saturated rings. The van der Waals surface area contributed by atoms with Crippen LogP contribution in [-0.2, 0) is 12.5 Å². The van der Waals surface area contributed by atoms with Gasteiger partial charge in [0.2, 0.25) is 0 Å². The first-order valence-corrected chi connectivity index (χ1v) is 10.1. The van der Waals surface area contributed by atoms with Crippen LogP contribution in [0.5, 0.6) is 5.75 Å². The van der Waals surface area contributed by atoms with Gasteiger partial charge in [-0.25, -0.2) is 4.98 Å². The van der Waals surface area contributed by atoms with Gasteiger partial charge in [-0.05, 0) is 11.6 Å². The molecule has 1 aliphatic heterocycles. The van der Waals surface area contributed by atoms with Crippen LogP contribution in [0.4, 0.5) is 27.6 Å². The molecule has 4 nitrogen and oxygen atoms in total. The predicted octanol–water partition coefficient (Wildman–Crippen LogP) is 4.98. The third-order valence-electron chi connectivity index (χ3n) is 5.19. The van der Waals surface area contributed by atoms with Crippen molar-refractivity contribution in [3.05, 3.63) is 53.0 Å². The molecule has 30 heavy (non-hydrogen) atoms. The van der Waals surface area contributed by atoms with Crippen LogP contribution < -0.4 is 4.90 Å². The van der Waals surface area contributed by atoms with Crippen molar-refractivity contribution >= 4 is 27.2 Å². The summed E-state index contributed by atoms with van der Waals surface area (Å²) < 4.78 is 65.2. The SMILES string of the molecule is Oc1cc(N2CCN(Cc3ccc(C(F)(F)C(F)(F)F)cc3)CC2)c2ncsc2c1. The minimum atomic E-state index is -5.61. The zero-order chi connectivity index (χ0) is 21.5. The standard InChI is InChI=1S/C20H18F5N3OS/c21-19(22,20(23,24)25)14-3-1-13(2-4-14)11-27-5-7-28(8-6-27)16-9-15(29)10-17-18(16)26-12-30-17/h1-4,9-10,12,29H,5-8,11H2. The molecule has 0 bridgehead atoms. The van der Waals surface area contributed by atoms with Gasteiger partial charge in [0, 0.05) is 44.4 Å². The Morgan fingerprint density at radius 1 is 0.967 bits per heavy atom. The molecule has 3 aromatic rings. The van der Waals surface area contributed by atoms with Crippen molar-refractivity contribution in [2.24, 2.45) is 0 Å². The summed E-state index contributed by atoms with van der Waals surface area (Å²) in [5, 5.41) is 9.95. The zero-order valence-electron chi connectivity index (χ0n) is 15.7. The summed E-state index contributed by atoms with van der Waals surface area (Å²) in [6, 6.07) is 7.68. The van der Waals surface area contributed by atoms with Crippen molar-refractivity contribution in [3.8, 4) is 5.75 Å². The number of thiazole rings is 1. The fraction of sp³-hybridized carbons (Fsp3) is 0.350. The van der Waals surface area contributed by atoms with E-state index >= 15 is 0 Å². The molecular formula is C20H18F5N3OS. The molecular weight excluding hydrogens is 425 g/mol. The highest BCUT2D eigenvalue weighted by Crippen LogP contribution is 2.43. The van der Waals surface area contributed by atoms with Crippen LogP contribution in [0.3, 0.4) is 0 Å². The van der Waals surface area contributed by atoms with Crippen LogP contribution in [0.1, 0.15) is 11.1 Å². The van der Waals surface area contributed by atoms with E-state index < -0.39 is 17.7 Å². The third-order valence-corrected chi connectivity index (χ3v) is 5.97. The Bertz CT molecular complexity index is 1030. The molecule has 1 N–H and O–H groups in total. The second kappa shape index (κ2) is 7.66. The van der Waals surface area contributed by atoms with E-state index in [-0.39, 0.29) is 5.75 Å². The van der Waals surface area contributed by atoms with Gasteiger partial charge >= 0.3 is 12.1 Å². The number of aromatic nitrogens is 1. The third kappa shape index (κ3) is 3.93. The highest BCUT2D eigenvalue weighted by Gasteiger charge is 2.58. The van der Waals surface area contributed by atoms with Crippen molar-refractivity contribution in [2.45, 2.75) is 18.6 Å². The molecule has 0 radical (unpaired) electrons. The van der Waals surface area contributed by atoms with E-state index in [0.29, 0.717) is 38.3 Å². The smallest absolute Gasteiger partial charge is 0.458 e. The van der Waals surface area contributed by atoms with Crippen LogP contribution in [0.2, 0.25) is 0 Å². The monoisotopic (exact) mass is 443 g/mol. The summed E-state index contributed by atoms with van der Waals surface area (Å²) >= 11 is 1.45. The van der Waals surface area contributed by atoms with Crippen molar-refractivity contribution in [1.82, 2.24) is 9.88 Å². The first-order chi connectivity index (χ1) is 14.1. The molecule has 0 atom stereocenters.